The summed E-state index contributed by atoms with van der Waals surface area (Å²) in [5, 5.41) is 7.06. The number of amides is 1. The summed E-state index contributed by atoms with van der Waals surface area (Å²) in [6.07, 6.45) is 11.4. The molecule has 5 rings (SSSR count). The maximum Gasteiger partial charge on any atom is 0.253 e. The normalized spacial score (nSPS) is 24.2. The molecule has 0 radical (unpaired) electrons. The number of carbonyl (C=O) groups excluding carboxylic acids is 1. The molecule has 1 aliphatic heterocycles. The molecule has 1 saturated carbocycles. The maximum atomic E-state index is 13.3. The van der Waals surface area contributed by atoms with Crippen molar-refractivity contribution in [2.45, 2.75) is 56.5 Å². The van der Waals surface area contributed by atoms with Gasteiger partial charge < -0.3 is 20.1 Å². The molecule has 1 amide bonds. The van der Waals surface area contributed by atoms with Gasteiger partial charge in [0.1, 0.15) is 0 Å². The molecule has 0 spiro atoms. The number of para-hydroxylation sites is 1. The van der Waals surface area contributed by atoms with E-state index in [1.54, 1.807) is 14.2 Å². The number of methoxy groups -OCH3 is 2. The summed E-state index contributed by atoms with van der Waals surface area (Å²) in [6, 6.07) is 12.6. The molecular formula is C27H32N2O3. The summed E-state index contributed by atoms with van der Waals surface area (Å²) < 4.78 is 11.0. The number of anilines is 1. The van der Waals surface area contributed by atoms with Crippen LogP contribution in [0.4, 0.5) is 5.69 Å². The van der Waals surface area contributed by atoms with Gasteiger partial charge in [0, 0.05) is 12.0 Å². The standard InChI is InChI=1S/C27H32N2O3/c1-31-23-15-14-17(16-24(23)32-2)25-20-11-6-10-19(20)21-12-7-13-22(26(21)29-25)27(30)28-18-8-4-3-5-9-18/h6-7,10,12-16,18-20,25,29H,3-5,8-9,11H2,1-2H3,(H,28,30). The third-order valence-electron chi connectivity index (χ3n) is 7.35. The number of carbonyl (C=O) groups is 1. The highest BCUT2D eigenvalue weighted by molar-refractivity contribution is 6.01. The number of nitrogens with one attached hydrogen (secondary N) is 2. The number of allylic oxidation sites excluding steroid dienone is 2. The summed E-state index contributed by atoms with van der Waals surface area (Å²) in [5.41, 5.74) is 4.08. The first kappa shape index (κ1) is 20.9. The smallest absolute Gasteiger partial charge is 0.253 e. The van der Waals surface area contributed by atoms with Gasteiger partial charge in [0.2, 0.25) is 0 Å². The van der Waals surface area contributed by atoms with E-state index in [0.717, 1.165) is 47.6 Å². The number of fused-ring (bicyclic) bond motifs is 3. The van der Waals surface area contributed by atoms with Gasteiger partial charge in [0.25, 0.3) is 5.91 Å². The Balaban J connectivity index is 1.49. The zero-order valence-electron chi connectivity index (χ0n) is 18.9. The molecule has 0 aromatic heterocycles. The predicted molar refractivity (Wildman–Crippen MR) is 127 cm³/mol. The molecule has 5 heteroatoms. The predicted octanol–water partition coefficient (Wildman–Crippen LogP) is 5.59. The van der Waals surface area contributed by atoms with Gasteiger partial charge in [-0.1, -0.05) is 49.6 Å². The third kappa shape index (κ3) is 3.74. The largest absolute Gasteiger partial charge is 0.493 e. The van der Waals surface area contributed by atoms with Gasteiger partial charge in [-0.2, -0.15) is 0 Å². The van der Waals surface area contributed by atoms with Crippen molar-refractivity contribution in [1.29, 1.82) is 0 Å². The molecule has 0 bridgehead atoms. The van der Waals surface area contributed by atoms with Crippen molar-refractivity contribution in [2.24, 2.45) is 5.92 Å². The van der Waals surface area contributed by atoms with E-state index in [9.17, 15) is 4.79 Å². The van der Waals surface area contributed by atoms with Crippen LogP contribution in [0.2, 0.25) is 0 Å². The van der Waals surface area contributed by atoms with Crippen LogP contribution in [0.5, 0.6) is 11.5 Å². The number of rotatable bonds is 5. The summed E-state index contributed by atoms with van der Waals surface area (Å²) in [7, 11) is 3.32. The van der Waals surface area contributed by atoms with Gasteiger partial charge in [-0.25, -0.2) is 0 Å². The molecule has 2 aliphatic carbocycles. The first-order valence-corrected chi connectivity index (χ1v) is 11.8. The fourth-order valence-electron chi connectivity index (χ4n) is 5.70. The summed E-state index contributed by atoms with van der Waals surface area (Å²) in [6.45, 7) is 0. The average Bonchev–Trinajstić information content (AvgIpc) is 3.33. The van der Waals surface area contributed by atoms with Crippen LogP contribution in [0, 0.1) is 5.92 Å². The molecule has 1 fully saturated rings. The highest BCUT2D eigenvalue weighted by atomic mass is 16.5. The maximum absolute atomic E-state index is 13.3. The van der Waals surface area contributed by atoms with Gasteiger partial charge >= 0.3 is 0 Å². The summed E-state index contributed by atoms with van der Waals surface area (Å²) >= 11 is 0. The van der Waals surface area contributed by atoms with Gasteiger partial charge in [0.05, 0.1) is 31.5 Å². The van der Waals surface area contributed by atoms with Crippen LogP contribution in [-0.4, -0.2) is 26.2 Å². The molecule has 5 nitrogen and oxygen atoms in total. The first-order chi connectivity index (χ1) is 15.7. The lowest BCUT2D eigenvalue weighted by molar-refractivity contribution is 0.0928. The molecule has 2 aromatic carbocycles. The second-order valence-electron chi connectivity index (χ2n) is 9.17. The Kier molecular flexibility index (Phi) is 5.81. The van der Waals surface area contributed by atoms with Crippen LogP contribution >= 0.6 is 0 Å². The molecule has 32 heavy (non-hydrogen) atoms. The Labute approximate surface area is 190 Å². The van der Waals surface area contributed by atoms with E-state index in [4.69, 9.17) is 9.47 Å². The second kappa shape index (κ2) is 8.89. The fraction of sp³-hybridized carbons (Fsp3) is 0.444. The molecular weight excluding hydrogens is 400 g/mol. The Bertz CT molecular complexity index is 1030. The van der Waals surface area contributed by atoms with Gasteiger partial charge in [-0.05, 0) is 54.5 Å². The molecule has 2 N–H and O–H groups in total. The van der Waals surface area contributed by atoms with E-state index in [1.165, 1.54) is 24.8 Å². The van der Waals surface area contributed by atoms with E-state index < -0.39 is 0 Å². The minimum Gasteiger partial charge on any atom is -0.493 e. The van der Waals surface area contributed by atoms with E-state index in [-0.39, 0.29) is 18.0 Å². The second-order valence-corrected chi connectivity index (χ2v) is 9.17. The van der Waals surface area contributed by atoms with Crippen molar-refractivity contribution in [3.63, 3.8) is 0 Å². The highest BCUT2D eigenvalue weighted by Crippen LogP contribution is 2.51. The van der Waals surface area contributed by atoms with Crippen molar-refractivity contribution in [2.75, 3.05) is 19.5 Å². The molecule has 168 valence electrons. The lowest BCUT2D eigenvalue weighted by Gasteiger charge is -2.38. The molecule has 0 saturated heterocycles. The van der Waals surface area contributed by atoms with Crippen molar-refractivity contribution in [1.82, 2.24) is 5.32 Å². The summed E-state index contributed by atoms with van der Waals surface area (Å²) in [5.74, 6) is 2.18. The van der Waals surface area contributed by atoms with E-state index >= 15 is 0 Å². The SMILES string of the molecule is COc1ccc(C2Nc3c(C(=O)NC4CCCCC4)cccc3C3C=CCC32)cc1OC. The Hall–Kier alpha value is -2.95. The number of ether oxygens (including phenoxy) is 2. The number of hydrogen-bond donors (Lipinski definition) is 2. The minimum absolute atomic E-state index is 0.0349. The number of hydrogen-bond acceptors (Lipinski definition) is 4. The van der Waals surface area contributed by atoms with E-state index in [0.29, 0.717) is 11.8 Å². The first-order valence-electron chi connectivity index (χ1n) is 11.8. The quantitative estimate of drug-likeness (QED) is 0.605. The van der Waals surface area contributed by atoms with Gasteiger partial charge in [0.15, 0.2) is 11.5 Å². The van der Waals surface area contributed by atoms with Crippen LogP contribution in [0.3, 0.4) is 0 Å². The third-order valence-corrected chi connectivity index (χ3v) is 7.35. The van der Waals surface area contributed by atoms with Crippen LogP contribution in [0.1, 0.15) is 72.0 Å². The van der Waals surface area contributed by atoms with Gasteiger partial charge in [-0.15, -0.1) is 0 Å². The Morgan fingerprint density at radius 3 is 2.62 bits per heavy atom. The minimum atomic E-state index is 0.0349. The molecule has 3 unspecified atom stereocenters. The molecule has 3 aliphatic rings. The van der Waals surface area contributed by atoms with E-state index in [2.05, 4.69) is 41.0 Å². The zero-order chi connectivity index (χ0) is 22.1. The Morgan fingerprint density at radius 2 is 1.84 bits per heavy atom. The van der Waals surface area contributed by atoms with Crippen molar-refractivity contribution < 1.29 is 14.3 Å². The topological polar surface area (TPSA) is 59.6 Å². The van der Waals surface area contributed by atoms with Crippen LogP contribution in [-0.2, 0) is 0 Å². The van der Waals surface area contributed by atoms with E-state index in [1.807, 2.05) is 18.2 Å². The lowest BCUT2D eigenvalue weighted by Crippen LogP contribution is -2.37. The molecule has 3 atom stereocenters. The monoisotopic (exact) mass is 432 g/mol. The average molecular weight is 433 g/mol. The van der Waals surface area contributed by atoms with Crippen LogP contribution < -0.4 is 20.1 Å². The molecule has 2 aromatic rings. The highest BCUT2D eigenvalue weighted by Gasteiger charge is 2.39. The number of benzene rings is 2. The molecule has 1 heterocycles. The van der Waals surface area contributed by atoms with Crippen molar-refractivity contribution in [3.8, 4) is 11.5 Å². The van der Waals surface area contributed by atoms with Crippen LogP contribution in [0.25, 0.3) is 0 Å². The summed E-state index contributed by atoms with van der Waals surface area (Å²) in [4.78, 5) is 13.3. The lowest BCUT2D eigenvalue weighted by atomic mass is 9.76. The van der Waals surface area contributed by atoms with Crippen LogP contribution in [0.15, 0.2) is 48.6 Å². The van der Waals surface area contributed by atoms with Crippen molar-refractivity contribution >= 4 is 11.6 Å². The van der Waals surface area contributed by atoms with Gasteiger partial charge in [-0.3, -0.25) is 4.79 Å². The zero-order valence-corrected chi connectivity index (χ0v) is 18.9. The van der Waals surface area contributed by atoms with Crippen molar-refractivity contribution in [3.05, 3.63) is 65.2 Å². The fourth-order valence-corrected chi connectivity index (χ4v) is 5.70. The Morgan fingerprint density at radius 1 is 1.03 bits per heavy atom.